The molecule has 0 aliphatic carbocycles. The van der Waals surface area contributed by atoms with E-state index in [-0.39, 0.29) is 0 Å². The van der Waals surface area contributed by atoms with Crippen molar-refractivity contribution >= 4 is 17.7 Å². The van der Waals surface area contributed by atoms with Gasteiger partial charge in [-0.25, -0.2) is 9.97 Å². The van der Waals surface area contributed by atoms with Gasteiger partial charge in [0, 0.05) is 37.7 Å². The molecule has 22 heavy (non-hydrogen) atoms. The number of aromatic nitrogens is 2. The van der Waals surface area contributed by atoms with Gasteiger partial charge in [-0.3, -0.25) is 0 Å². The average Bonchev–Trinajstić information content (AvgIpc) is 2.50. The molecule has 1 aromatic rings. The summed E-state index contributed by atoms with van der Waals surface area (Å²) in [6.45, 7) is 12.1. The van der Waals surface area contributed by atoms with Crippen LogP contribution in [0.2, 0.25) is 0 Å². The molecule has 0 aliphatic heterocycles. The van der Waals surface area contributed by atoms with E-state index in [1.54, 1.807) is 0 Å². The molecule has 1 heterocycles. The van der Waals surface area contributed by atoms with Crippen LogP contribution in [-0.2, 0) is 6.42 Å². The lowest BCUT2D eigenvalue weighted by molar-refractivity contribution is 0.324. The van der Waals surface area contributed by atoms with Crippen molar-refractivity contribution in [2.24, 2.45) is 0 Å². The van der Waals surface area contributed by atoms with Gasteiger partial charge in [0.25, 0.3) is 0 Å². The highest BCUT2D eigenvalue weighted by Crippen LogP contribution is 2.26. The van der Waals surface area contributed by atoms with E-state index in [2.05, 4.69) is 37.6 Å². The summed E-state index contributed by atoms with van der Waals surface area (Å²) in [6.07, 6.45) is 3.50. The van der Waals surface area contributed by atoms with E-state index in [9.17, 15) is 0 Å². The first-order valence-corrected chi connectivity index (χ1v) is 9.41. The van der Waals surface area contributed by atoms with Crippen LogP contribution < -0.4 is 4.90 Å². The van der Waals surface area contributed by atoms with Crippen molar-refractivity contribution in [2.45, 2.75) is 52.0 Å². The summed E-state index contributed by atoms with van der Waals surface area (Å²) in [5.41, 5.74) is 2.48. The Labute approximate surface area is 140 Å². The van der Waals surface area contributed by atoms with Crippen molar-refractivity contribution in [2.75, 3.05) is 44.4 Å². The maximum absolute atomic E-state index is 4.79. The molecular weight excluding hydrogens is 292 g/mol. The Kier molecular flexibility index (Phi) is 8.79. The molecule has 0 atom stereocenters. The maximum Gasteiger partial charge on any atom is 0.226 e. The van der Waals surface area contributed by atoms with E-state index in [0.717, 1.165) is 43.5 Å². The number of rotatable bonds is 10. The minimum Gasteiger partial charge on any atom is -0.347 e. The van der Waals surface area contributed by atoms with Gasteiger partial charge < -0.3 is 9.80 Å². The molecule has 0 radical (unpaired) electrons. The second-order valence-electron chi connectivity index (χ2n) is 5.77. The van der Waals surface area contributed by atoms with Crippen LogP contribution >= 0.6 is 11.8 Å². The SMILES string of the molecule is CCCCc1c(C)nc(N(C)C)nc1SCCN(CC)CC. The predicted octanol–water partition coefficient (Wildman–Crippen LogP) is 3.63. The van der Waals surface area contributed by atoms with Crippen LogP contribution in [0.3, 0.4) is 0 Å². The van der Waals surface area contributed by atoms with Crippen molar-refractivity contribution in [1.82, 2.24) is 14.9 Å². The Morgan fingerprint density at radius 1 is 1.05 bits per heavy atom. The van der Waals surface area contributed by atoms with Crippen LogP contribution in [0.1, 0.15) is 44.9 Å². The highest BCUT2D eigenvalue weighted by molar-refractivity contribution is 7.99. The van der Waals surface area contributed by atoms with Crippen LogP contribution in [-0.4, -0.2) is 54.4 Å². The Morgan fingerprint density at radius 2 is 1.73 bits per heavy atom. The first-order chi connectivity index (χ1) is 10.5. The highest BCUT2D eigenvalue weighted by Gasteiger charge is 2.13. The van der Waals surface area contributed by atoms with Crippen molar-refractivity contribution < 1.29 is 0 Å². The maximum atomic E-state index is 4.79. The summed E-state index contributed by atoms with van der Waals surface area (Å²) in [5, 5.41) is 1.18. The quantitative estimate of drug-likeness (QED) is 0.485. The zero-order valence-electron chi connectivity index (χ0n) is 15.1. The summed E-state index contributed by atoms with van der Waals surface area (Å²) in [7, 11) is 4.01. The standard InChI is InChI=1S/C17H32N4S/c1-7-10-11-15-14(4)18-17(20(5)6)19-16(15)22-13-12-21(8-2)9-3/h7-13H2,1-6H3. The van der Waals surface area contributed by atoms with Gasteiger partial charge in [-0.15, -0.1) is 11.8 Å². The van der Waals surface area contributed by atoms with E-state index >= 15 is 0 Å². The molecule has 0 N–H and O–H groups in total. The third-order valence-electron chi connectivity index (χ3n) is 3.89. The summed E-state index contributed by atoms with van der Waals surface area (Å²) < 4.78 is 0. The lowest BCUT2D eigenvalue weighted by Crippen LogP contribution is -2.25. The molecule has 4 nitrogen and oxygen atoms in total. The van der Waals surface area contributed by atoms with Gasteiger partial charge >= 0.3 is 0 Å². The van der Waals surface area contributed by atoms with Crippen LogP contribution in [0.15, 0.2) is 5.03 Å². The van der Waals surface area contributed by atoms with E-state index in [1.807, 2.05) is 30.8 Å². The molecule has 1 aromatic heterocycles. The first-order valence-electron chi connectivity index (χ1n) is 8.43. The zero-order valence-corrected chi connectivity index (χ0v) is 16.0. The molecule has 0 saturated carbocycles. The van der Waals surface area contributed by atoms with E-state index in [4.69, 9.17) is 4.98 Å². The van der Waals surface area contributed by atoms with Crippen molar-refractivity contribution in [3.8, 4) is 0 Å². The fraction of sp³-hybridized carbons (Fsp3) is 0.765. The summed E-state index contributed by atoms with van der Waals surface area (Å²) in [4.78, 5) is 13.9. The van der Waals surface area contributed by atoms with Gasteiger partial charge in [-0.05, 0) is 32.9 Å². The monoisotopic (exact) mass is 324 g/mol. The van der Waals surface area contributed by atoms with Gasteiger partial charge in [0.05, 0.1) is 0 Å². The molecule has 0 aromatic carbocycles. The summed E-state index contributed by atoms with van der Waals surface area (Å²) in [5.74, 6) is 1.91. The van der Waals surface area contributed by atoms with Gasteiger partial charge in [-0.1, -0.05) is 27.2 Å². The largest absolute Gasteiger partial charge is 0.347 e. The third kappa shape index (κ3) is 5.76. The molecule has 126 valence electrons. The number of unbranched alkanes of at least 4 members (excludes halogenated alkanes) is 1. The normalized spacial score (nSPS) is 11.2. The molecule has 0 unspecified atom stereocenters. The van der Waals surface area contributed by atoms with Crippen LogP contribution in [0, 0.1) is 6.92 Å². The van der Waals surface area contributed by atoms with Gasteiger partial charge in [0.15, 0.2) is 0 Å². The number of anilines is 1. The molecule has 5 heteroatoms. The first kappa shape index (κ1) is 19.2. The Hall–Kier alpha value is -0.810. The number of nitrogens with zero attached hydrogens (tertiary/aromatic N) is 4. The topological polar surface area (TPSA) is 32.3 Å². The van der Waals surface area contributed by atoms with Crippen molar-refractivity contribution in [1.29, 1.82) is 0 Å². The molecule has 0 saturated heterocycles. The zero-order chi connectivity index (χ0) is 16.5. The van der Waals surface area contributed by atoms with E-state index in [0.29, 0.717) is 0 Å². The van der Waals surface area contributed by atoms with E-state index in [1.165, 1.54) is 23.4 Å². The highest BCUT2D eigenvalue weighted by atomic mass is 32.2. The number of aryl methyl sites for hydroxylation is 1. The minimum atomic E-state index is 0.822. The molecular formula is C17H32N4S. The van der Waals surface area contributed by atoms with E-state index < -0.39 is 0 Å². The Bertz CT molecular complexity index is 445. The van der Waals surface area contributed by atoms with Gasteiger partial charge in [0.2, 0.25) is 5.95 Å². The second-order valence-corrected chi connectivity index (χ2v) is 6.85. The number of thioether (sulfide) groups is 1. The Balaban J connectivity index is 2.87. The van der Waals surface area contributed by atoms with Crippen LogP contribution in [0.5, 0.6) is 0 Å². The van der Waals surface area contributed by atoms with Gasteiger partial charge in [0.1, 0.15) is 5.03 Å². The third-order valence-corrected chi connectivity index (χ3v) is 4.88. The fourth-order valence-electron chi connectivity index (χ4n) is 2.33. The van der Waals surface area contributed by atoms with Crippen LogP contribution in [0.4, 0.5) is 5.95 Å². The second kappa shape index (κ2) is 10.1. The fourth-order valence-corrected chi connectivity index (χ4v) is 3.44. The molecule has 0 spiro atoms. The van der Waals surface area contributed by atoms with Crippen molar-refractivity contribution in [3.63, 3.8) is 0 Å². The lowest BCUT2D eigenvalue weighted by Gasteiger charge is -2.19. The molecule has 0 bridgehead atoms. The van der Waals surface area contributed by atoms with Crippen molar-refractivity contribution in [3.05, 3.63) is 11.3 Å². The molecule has 0 fully saturated rings. The lowest BCUT2D eigenvalue weighted by atomic mass is 10.1. The average molecular weight is 325 g/mol. The summed E-state index contributed by atoms with van der Waals surface area (Å²) >= 11 is 1.88. The molecule has 1 rings (SSSR count). The smallest absolute Gasteiger partial charge is 0.226 e. The molecule has 0 amide bonds. The minimum absolute atomic E-state index is 0.822. The summed E-state index contributed by atoms with van der Waals surface area (Å²) in [6, 6.07) is 0. The molecule has 0 aliphatic rings. The van der Waals surface area contributed by atoms with Gasteiger partial charge in [-0.2, -0.15) is 0 Å². The van der Waals surface area contributed by atoms with Crippen LogP contribution in [0.25, 0.3) is 0 Å². The predicted molar refractivity (Wildman–Crippen MR) is 98.2 cm³/mol. The number of hydrogen-bond donors (Lipinski definition) is 0. The Morgan fingerprint density at radius 3 is 2.27 bits per heavy atom. The number of hydrogen-bond acceptors (Lipinski definition) is 5.